The van der Waals surface area contributed by atoms with Gasteiger partial charge in [0.05, 0.1) is 5.69 Å². The molecule has 1 aromatic heterocycles. The molecule has 0 saturated heterocycles. The van der Waals surface area contributed by atoms with Crippen molar-refractivity contribution in [2.75, 3.05) is 5.73 Å². The van der Waals surface area contributed by atoms with Crippen molar-refractivity contribution in [3.8, 4) is 0 Å². The Morgan fingerprint density at radius 1 is 1.37 bits per heavy atom. The Bertz CT molecular complexity index is 696. The maximum atomic E-state index is 12.2. The van der Waals surface area contributed by atoms with Crippen LogP contribution in [-0.2, 0) is 16.6 Å². The van der Waals surface area contributed by atoms with Crippen LogP contribution >= 0.6 is 22.9 Å². The number of hydrogen-bond donors (Lipinski definition) is 2. The van der Waals surface area contributed by atoms with E-state index in [4.69, 9.17) is 17.3 Å². The first kappa shape index (κ1) is 14.3. The summed E-state index contributed by atoms with van der Waals surface area (Å²) < 4.78 is 26.9. The highest BCUT2D eigenvalue weighted by atomic mass is 35.5. The molecule has 7 heteroatoms. The molecule has 2 rings (SSSR count). The number of nitrogens with two attached hydrogens (primary N) is 1. The summed E-state index contributed by atoms with van der Waals surface area (Å²) in [6.45, 7) is 2.19. The van der Waals surface area contributed by atoms with Gasteiger partial charge >= 0.3 is 0 Å². The van der Waals surface area contributed by atoms with Crippen LogP contribution in [0.2, 0.25) is 5.02 Å². The molecule has 0 bridgehead atoms. The van der Waals surface area contributed by atoms with Crippen molar-refractivity contribution < 1.29 is 8.42 Å². The van der Waals surface area contributed by atoms with E-state index in [0.29, 0.717) is 5.02 Å². The van der Waals surface area contributed by atoms with Gasteiger partial charge in [-0.25, -0.2) is 13.1 Å². The Kier molecular flexibility index (Phi) is 4.15. The first-order valence-corrected chi connectivity index (χ1v) is 8.22. The smallest absolute Gasteiger partial charge is 0.242 e. The Hall–Kier alpha value is -1.08. The molecule has 0 atom stereocenters. The molecule has 0 amide bonds. The Morgan fingerprint density at radius 2 is 2.11 bits per heavy atom. The van der Waals surface area contributed by atoms with E-state index < -0.39 is 10.0 Å². The van der Waals surface area contributed by atoms with Crippen molar-refractivity contribution in [1.82, 2.24) is 4.72 Å². The lowest BCUT2D eigenvalue weighted by molar-refractivity contribution is 0.582. The van der Waals surface area contributed by atoms with Crippen molar-refractivity contribution in [3.05, 3.63) is 45.1 Å². The number of hydrogen-bond acceptors (Lipinski definition) is 4. The second-order valence-corrected chi connectivity index (χ2v) is 7.21. The van der Waals surface area contributed by atoms with Gasteiger partial charge in [0.2, 0.25) is 10.0 Å². The number of halogens is 1. The van der Waals surface area contributed by atoms with Crippen LogP contribution in [-0.4, -0.2) is 8.42 Å². The predicted octanol–water partition coefficient (Wildman–Crippen LogP) is 2.77. The zero-order valence-corrected chi connectivity index (χ0v) is 12.6. The van der Waals surface area contributed by atoms with Crippen LogP contribution in [0.5, 0.6) is 0 Å². The molecule has 1 aromatic carbocycles. The third-order valence-corrected chi connectivity index (χ3v) is 5.37. The molecule has 0 saturated carbocycles. The molecule has 0 radical (unpaired) electrons. The fourth-order valence-electron chi connectivity index (χ4n) is 1.56. The molecule has 3 N–H and O–H groups in total. The summed E-state index contributed by atoms with van der Waals surface area (Å²) in [4.78, 5) is 0.985. The number of nitrogen functional groups attached to an aromatic ring is 1. The minimum absolute atomic E-state index is 0.00853. The van der Waals surface area contributed by atoms with E-state index in [-0.39, 0.29) is 17.1 Å². The maximum absolute atomic E-state index is 12.2. The predicted molar refractivity (Wildman–Crippen MR) is 78.9 cm³/mol. The van der Waals surface area contributed by atoms with Gasteiger partial charge in [-0.05, 0) is 42.1 Å². The van der Waals surface area contributed by atoms with Gasteiger partial charge < -0.3 is 5.73 Å². The number of anilines is 1. The average Bonchev–Trinajstić information content (AvgIpc) is 2.75. The van der Waals surface area contributed by atoms with Gasteiger partial charge in [-0.3, -0.25) is 0 Å². The fourth-order valence-corrected chi connectivity index (χ4v) is 3.89. The highest BCUT2D eigenvalue weighted by molar-refractivity contribution is 7.89. The fraction of sp³-hybridized carbons (Fsp3) is 0.167. The number of nitrogens with one attached hydrogen (secondary N) is 1. The SMILES string of the molecule is Cc1ccsc1CNS(=O)(=O)c1cc(Cl)ccc1N. The number of benzene rings is 1. The van der Waals surface area contributed by atoms with Gasteiger partial charge in [-0.2, -0.15) is 0 Å². The Labute approximate surface area is 121 Å². The summed E-state index contributed by atoms with van der Waals surface area (Å²) in [6.07, 6.45) is 0. The van der Waals surface area contributed by atoms with Gasteiger partial charge in [0.25, 0.3) is 0 Å². The lowest BCUT2D eigenvalue weighted by Gasteiger charge is -2.09. The summed E-state index contributed by atoms with van der Waals surface area (Å²) in [7, 11) is -3.66. The third kappa shape index (κ3) is 3.27. The summed E-state index contributed by atoms with van der Waals surface area (Å²) in [5.41, 5.74) is 6.92. The molecule has 1 heterocycles. The quantitative estimate of drug-likeness (QED) is 0.852. The topological polar surface area (TPSA) is 72.2 Å². The van der Waals surface area contributed by atoms with Crippen LogP contribution in [0.15, 0.2) is 34.5 Å². The molecule has 102 valence electrons. The van der Waals surface area contributed by atoms with Crippen molar-refractivity contribution >= 4 is 38.6 Å². The second-order valence-electron chi connectivity index (χ2n) is 4.03. The normalized spacial score (nSPS) is 11.7. The van der Waals surface area contributed by atoms with Crippen molar-refractivity contribution in [3.63, 3.8) is 0 Å². The monoisotopic (exact) mass is 316 g/mol. The number of sulfonamides is 1. The maximum Gasteiger partial charge on any atom is 0.242 e. The molecule has 19 heavy (non-hydrogen) atoms. The van der Waals surface area contributed by atoms with Gasteiger partial charge in [0.1, 0.15) is 4.90 Å². The minimum atomic E-state index is -3.66. The summed E-state index contributed by atoms with van der Waals surface area (Å²) in [5, 5.41) is 2.26. The Morgan fingerprint density at radius 3 is 2.74 bits per heavy atom. The molecule has 2 aromatic rings. The first-order valence-electron chi connectivity index (χ1n) is 5.48. The van der Waals surface area contributed by atoms with Gasteiger partial charge in [-0.1, -0.05) is 11.6 Å². The van der Waals surface area contributed by atoms with E-state index in [9.17, 15) is 8.42 Å². The molecule has 0 aliphatic rings. The molecule has 0 unspecified atom stereocenters. The molecule has 0 spiro atoms. The van der Waals surface area contributed by atoms with Crippen LogP contribution in [0, 0.1) is 6.92 Å². The third-order valence-electron chi connectivity index (χ3n) is 2.66. The number of aryl methyl sites for hydroxylation is 1. The molecular weight excluding hydrogens is 304 g/mol. The molecule has 0 aliphatic carbocycles. The standard InChI is InChI=1S/C12H13ClN2O2S2/c1-8-4-5-18-11(8)7-15-19(16,17)12-6-9(13)2-3-10(12)14/h2-6,15H,7,14H2,1H3. The Balaban J connectivity index is 2.23. The van der Waals surface area contributed by atoms with Gasteiger partial charge in [0, 0.05) is 16.4 Å². The van der Waals surface area contributed by atoms with E-state index in [0.717, 1.165) is 10.4 Å². The van der Waals surface area contributed by atoms with Crippen LogP contribution in [0.3, 0.4) is 0 Å². The van der Waals surface area contributed by atoms with Crippen molar-refractivity contribution in [2.24, 2.45) is 0 Å². The highest BCUT2D eigenvalue weighted by Crippen LogP contribution is 2.23. The molecule has 4 nitrogen and oxygen atoms in total. The molecule has 0 fully saturated rings. The molecule has 0 aliphatic heterocycles. The van der Waals surface area contributed by atoms with Crippen LogP contribution < -0.4 is 10.5 Å². The minimum Gasteiger partial charge on any atom is -0.398 e. The summed E-state index contributed by atoms with van der Waals surface area (Å²) in [5.74, 6) is 0. The number of thiophene rings is 1. The number of rotatable bonds is 4. The highest BCUT2D eigenvalue weighted by Gasteiger charge is 2.18. The van der Waals surface area contributed by atoms with Crippen LogP contribution in [0.4, 0.5) is 5.69 Å². The van der Waals surface area contributed by atoms with E-state index >= 15 is 0 Å². The van der Waals surface area contributed by atoms with E-state index in [1.807, 2.05) is 18.4 Å². The van der Waals surface area contributed by atoms with Crippen molar-refractivity contribution in [1.29, 1.82) is 0 Å². The van der Waals surface area contributed by atoms with E-state index in [2.05, 4.69) is 4.72 Å². The van der Waals surface area contributed by atoms with E-state index in [1.165, 1.54) is 23.5 Å². The summed E-state index contributed by atoms with van der Waals surface area (Å²) in [6, 6.07) is 6.33. The molecular formula is C12H13ClN2O2S2. The zero-order chi connectivity index (χ0) is 14.0. The van der Waals surface area contributed by atoms with Gasteiger partial charge in [0.15, 0.2) is 0 Å². The summed E-state index contributed by atoms with van der Waals surface area (Å²) >= 11 is 7.31. The zero-order valence-electron chi connectivity index (χ0n) is 10.2. The second kappa shape index (κ2) is 5.50. The lowest BCUT2D eigenvalue weighted by Crippen LogP contribution is -2.24. The largest absolute Gasteiger partial charge is 0.398 e. The lowest BCUT2D eigenvalue weighted by atomic mass is 10.3. The van der Waals surface area contributed by atoms with Crippen LogP contribution in [0.1, 0.15) is 10.4 Å². The van der Waals surface area contributed by atoms with E-state index in [1.54, 1.807) is 6.07 Å². The van der Waals surface area contributed by atoms with Gasteiger partial charge in [-0.15, -0.1) is 11.3 Å². The first-order chi connectivity index (χ1) is 8.90. The van der Waals surface area contributed by atoms with Crippen LogP contribution in [0.25, 0.3) is 0 Å². The average molecular weight is 317 g/mol. The van der Waals surface area contributed by atoms with Crippen molar-refractivity contribution in [2.45, 2.75) is 18.4 Å².